The Morgan fingerprint density at radius 2 is 1.79 bits per heavy atom. The molecule has 0 spiro atoms. The average molecular weight is 378 g/mol. The molecular formula is C21H22N4O3. The number of rotatable bonds is 7. The van der Waals surface area contributed by atoms with E-state index in [0.717, 1.165) is 5.56 Å². The second-order valence-corrected chi connectivity index (χ2v) is 6.05. The van der Waals surface area contributed by atoms with E-state index >= 15 is 0 Å². The average Bonchev–Trinajstić information content (AvgIpc) is 2.73. The summed E-state index contributed by atoms with van der Waals surface area (Å²) in [5.74, 6) is 1.88. The van der Waals surface area contributed by atoms with Crippen molar-refractivity contribution in [3.8, 4) is 11.5 Å². The van der Waals surface area contributed by atoms with E-state index in [1.54, 1.807) is 38.3 Å². The molecule has 0 radical (unpaired) electrons. The monoisotopic (exact) mass is 378 g/mol. The highest BCUT2D eigenvalue weighted by molar-refractivity contribution is 6.04. The van der Waals surface area contributed by atoms with E-state index in [1.807, 2.05) is 30.3 Å². The first-order valence-electron chi connectivity index (χ1n) is 8.76. The molecule has 7 nitrogen and oxygen atoms in total. The molecule has 0 atom stereocenters. The fraction of sp³-hybridized carbons (Fsp3) is 0.190. The molecule has 1 heterocycles. The van der Waals surface area contributed by atoms with Crippen LogP contribution in [-0.4, -0.2) is 30.1 Å². The maximum atomic E-state index is 12.7. The van der Waals surface area contributed by atoms with Crippen LogP contribution in [0.3, 0.4) is 0 Å². The van der Waals surface area contributed by atoms with E-state index in [1.165, 1.54) is 7.11 Å². The number of hydrogen-bond acceptors (Lipinski definition) is 6. The summed E-state index contributed by atoms with van der Waals surface area (Å²) in [7, 11) is 3.10. The fourth-order valence-corrected chi connectivity index (χ4v) is 2.65. The zero-order valence-electron chi connectivity index (χ0n) is 16.0. The Balaban J connectivity index is 1.76. The smallest absolute Gasteiger partial charge is 0.274 e. The molecule has 3 rings (SSSR count). The lowest BCUT2D eigenvalue weighted by atomic mass is 10.2. The maximum absolute atomic E-state index is 12.7. The first kappa shape index (κ1) is 19.2. The molecular weight excluding hydrogens is 356 g/mol. The summed E-state index contributed by atoms with van der Waals surface area (Å²) < 4.78 is 10.5. The first-order valence-corrected chi connectivity index (χ1v) is 8.76. The van der Waals surface area contributed by atoms with Crippen molar-refractivity contribution < 1.29 is 14.3 Å². The number of ether oxygens (including phenoxy) is 2. The van der Waals surface area contributed by atoms with Crippen molar-refractivity contribution in [1.29, 1.82) is 0 Å². The number of carbonyl (C=O) groups excluding carboxylic acids is 1. The molecule has 0 aliphatic carbocycles. The molecule has 2 aromatic carbocycles. The van der Waals surface area contributed by atoms with Crippen LogP contribution in [0, 0.1) is 6.92 Å². The normalized spacial score (nSPS) is 10.2. The number of nitrogens with one attached hydrogen (secondary N) is 2. The van der Waals surface area contributed by atoms with Crippen molar-refractivity contribution in [2.24, 2.45) is 0 Å². The summed E-state index contributed by atoms with van der Waals surface area (Å²) in [6, 6.07) is 16.7. The number of aryl methyl sites for hydroxylation is 1. The van der Waals surface area contributed by atoms with Gasteiger partial charge in [0, 0.05) is 18.7 Å². The third kappa shape index (κ3) is 4.76. The predicted molar refractivity (Wildman–Crippen MR) is 108 cm³/mol. The summed E-state index contributed by atoms with van der Waals surface area (Å²) in [6.45, 7) is 2.35. The van der Waals surface area contributed by atoms with Gasteiger partial charge in [-0.3, -0.25) is 4.79 Å². The highest BCUT2D eigenvalue weighted by Gasteiger charge is 2.14. The minimum atomic E-state index is -0.350. The minimum absolute atomic E-state index is 0.265. The number of anilines is 2. The van der Waals surface area contributed by atoms with Crippen molar-refractivity contribution in [2.75, 3.05) is 24.9 Å². The summed E-state index contributed by atoms with van der Waals surface area (Å²) in [5.41, 5.74) is 1.91. The molecule has 0 saturated carbocycles. The van der Waals surface area contributed by atoms with E-state index in [9.17, 15) is 4.79 Å². The fourth-order valence-electron chi connectivity index (χ4n) is 2.65. The molecule has 28 heavy (non-hydrogen) atoms. The molecule has 0 aliphatic rings. The number of benzene rings is 2. The van der Waals surface area contributed by atoms with Gasteiger partial charge in [0.1, 0.15) is 28.8 Å². The van der Waals surface area contributed by atoms with E-state index < -0.39 is 0 Å². The summed E-state index contributed by atoms with van der Waals surface area (Å²) >= 11 is 0. The summed E-state index contributed by atoms with van der Waals surface area (Å²) in [5, 5.41) is 6.05. The second kappa shape index (κ2) is 8.85. The number of methoxy groups -OCH3 is 2. The van der Waals surface area contributed by atoms with E-state index in [2.05, 4.69) is 20.6 Å². The van der Waals surface area contributed by atoms with Gasteiger partial charge in [-0.1, -0.05) is 30.3 Å². The van der Waals surface area contributed by atoms with Crippen LogP contribution < -0.4 is 20.1 Å². The van der Waals surface area contributed by atoms with Gasteiger partial charge in [-0.25, -0.2) is 9.97 Å². The lowest BCUT2D eigenvalue weighted by Crippen LogP contribution is -2.16. The molecule has 1 aromatic heterocycles. The number of aromatic nitrogens is 2. The molecule has 7 heteroatoms. The zero-order valence-corrected chi connectivity index (χ0v) is 16.0. The maximum Gasteiger partial charge on any atom is 0.274 e. The number of amides is 1. The Hall–Kier alpha value is -3.61. The SMILES string of the molecule is COc1ccc(NC(=O)c2cc(NCc3ccccc3)nc(C)n2)c(OC)c1. The highest BCUT2D eigenvalue weighted by Crippen LogP contribution is 2.29. The van der Waals surface area contributed by atoms with Gasteiger partial charge >= 0.3 is 0 Å². The minimum Gasteiger partial charge on any atom is -0.497 e. The first-order chi connectivity index (χ1) is 13.6. The third-order valence-electron chi connectivity index (χ3n) is 4.04. The van der Waals surface area contributed by atoms with Crippen molar-refractivity contribution in [1.82, 2.24) is 9.97 Å². The Kier molecular flexibility index (Phi) is 6.06. The van der Waals surface area contributed by atoms with Crippen molar-refractivity contribution in [3.63, 3.8) is 0 Å². The quantitative estimate of drug-likeness (QED) is 0.653. The van der Waals surface area contributed by atoms with Crippen molar-refractivity contribution in [3.05, 3.63) is 71.7 Å². The van der Waals surface area contributed by atoms with Crippen LogP contribution in [0.2, 0.25) is 0 Å². The van der Waals surface area contributed by atoms with Gasteiger partial charge in [0.05, 0.1) is 19.9 Å². The van der Waals surface area contributed by atoms with Crippen molar-refractivity contribution in [2.45, 2.75) is 13.5 Å². The van der Waals surface area contributed by atoms with E-state index in [4.69, 9.17) is 9.47 Å². The van der Waals surface area contributed by atoms with Crippen LogP contribution >= 0.6 is 0 Å². The highest BCUT2D eigenvalue weighted by atomic mass is 16.5. The molecule has 1 amide bonds. The van der Waals surface area contributed by atoms with Crippen molar-refractivity contribution >= 4 is 17.4 Å². The summed E-state index contributed by atoms with van der Waals surface area (Å²) in [4.78, 5) is 21.3. The number of hydrogen-bond donors (Lipinski definition) is 2. The second-order valence-electron chi connectivity index (χ2n) is 6.05. The number of nitrogens with zero attached hydrogens (tertiary/aromatic N) is 2. The Bertz CT molecular complexity index is 961. The number of carbonyl (C=O) groups is 1. The lowest BCUT2D eigenvalue weighted by molar-refractivity contribution is 0.102. The summed E-state index contributed by atoms with van der Waals surface area (Å²) in [6.07, 6.45) is 0. The molecule has 0 aliphatic heterocycles. The van der Waals surface area contributed by atoms with Gasteiger partial charge in [0.25, 0.3) is 5.91 Å². The van der Waals surface area contributed by atoms with Gasteiger partial charge in [-0.05, 0) is 24.6 Å². The molecule has 3 aromatic rings. The lowest BCUT2D eigenvalue weighted by Gasteiger charge is -2.12. The van der Waals surface area contributed by atoms with Gasteiger partial charge in [-0.2, -0.15) is 0 Å². The van der Waals surface area contributed by atoms with Crippen LogP contribution in [0.5, 0.6) is 11.5 Å². The van der Waals surface area contributed by atoms with Gasteiger partial charge in [-0.15, -0.1) is 0 Å². The van der Waals surface area contributed by atoms with Gasteiger partial charge in [0.15, 0.2) is 0 Å². The largest absolute Gasteiger partial charge is 0.497 e. The molecule has 0 bridgehead atoms. The zero-order chi connectivity index (χ0) is 19.9. The predicted octanol–water partition coefficient (Wildman–Crippen LogP) is 3.67. The molecule has 2 N–H and O–H groups in total. The molecule has 0 fully saturated rings. The van der Waals surface area contributed by atoms with Gasteiger partial charge in [0.2, 0.25) is 0 Å². The Morgan fingerprint density at radius 1 is 1.00 bits per heavy atom. The Morgan fingerprint density at radius 3 is 2.50 bits per heavy atom. The molecule has 0 unspecified atom stereocenters. The third-order valence-corrected chi connectivity index (χ3v) is 4.04. The van der Waals surface area contributed by atoms with Crippen LogP contribution in [0.4, 0.5) is 11.5 Å². The Labute approximate surface area is 163 Å². The van der Waals surface area contributed by atoms with E-state index in [-0.39, 0.29) is 11.6 Å². The van der Waals surface area contributed by atoms with Crippen LogP contribution in [0.25, 0.3) is 0 Å². The van der Waals surface area contributed by atoms with Crippen LogP contribution in [0.1, 0.15) is 21.9 Å². The standard InChI is InChI=1S/C21H22N4O3/c1-14-23-18(12-20(24-14)22-13-15-7-5-4-6-8-15)21(26)25-17-10-9-16(27-2)11-19(17)28-3/h4-12H,13H2,1-3H3,(H,25,26)(H,22,23,24). The van der Waals surface area contributed by atoms with Crippen LogP contribution in [0.15, 0.2) is 54.6 Å². The van der Waals surface area contributed by atoms with E-state index in [0.29, 0.717) is 35.4 Å². The topological polar surface area (TPSA) is 85.4 Å². The van der Waals surface area contributed by atoms with Gasteiger partial charge < -0.3 is 20.1 Å². The molecule has 0 saturated heterocycles. The van der Waals surface area contributed by atoms with Crippen LogP contribution in [-0.2, 0) is 6.54 Å². The molecule has 144 valence electrons.